The number of hydrogen-bond acceptors (Lipinski definition) is 2. The lowest BCUT2D eigenvalue weighted by Gasteiger charge is -2.37. The maximum atomic E-state index is 11.3. The molecule has 0 spiro atoms. The highest BCUT2D eigenvalue weighted by Crippen LogP contribution is 2.24. The lowest BCUT2D eigenvalue weighted by molar-refractivity contribution is -0.120. The van der Waals surface area contributed by atoms with Crippen molar-refractivity contribution < 1.29 is 4.79 Å². The van der Waals surface area contributed by atoms with Gasteiger partial charge in [-0.25, -0.2) is 0 Å². The second-order valence-electron chi connectivity index (χ2n) is 7.74. The van der Waals surface area contributed by atoms with Crippen molar-refractivity contribution in [3.05, 3.63) is 48.2 Å². The Hall–Kier alpha value is -1.61. The van der Waals surface area contributed by atoms with Crippen molar-refractivity contribution in [1.82, 2.24) is 10.2 Å². The molecule has 1 fully saturated rings. The van der Waals surface area contributed by atoms with Crippen LogP contribution in [0.5, 0.6) is 0 Å². The normalized spacial score (nSPS) is 14.7. The summed E-state index contributed by atoms with van der Waals surface area (Å²) in [4.78, 5) is 13.9. The zero-order chi connectivity index (χ0) is 20.1. The molecule has 0 saturated heterocycles. The first kappa shape index (κ1) is 23.4. The molecule has 1 aromatic carbocycles. The highest BCUT2D eigenvalue weighted by Gasteiger charge is 2.22. The summed E-state index contributed by atoms with van der Waals surface area (Å²) in [5.41, 5.74) is 2.55. The van der Waals surface area contributed by atoms with Gasteiger partial charge in [0.25, 0.3) is 0 Å². The molecule has 1 aliphatic carbocycles. The van der Waals surface area contributed by atoms with Gasteiger partial charge in [0.05, 0.1) is 0 Å². The molecule has 152 valence electrons. The Kier molecular flexibility index (Phi) is 11.8. The van der Waals surface area contributed by atoms with E-state index in [-0.39, 0.29) is 5.91 Å². The molecule has 1 aliphatic rings. The third kappa shape index (κ3) is 9.23. The van der Waals surface area contributed by atoms with Crippen LogP contribution in [0, 0.1) is 6.92 Å². The summed E-state index contributed by atoms with van der Waals surface area (Å²) >= 11 is 0. The average Bonchev–Trinajstić information content (AvgIpc) is 2.60. The van der Waals surface area contributed by atoms with Gasteiger partial charge in [-0.05, 0) is 69.8 Å². The van der Waals surface area contributed by atoms with Crippen LogP contribution in [0.15, 0.2) is 37.0 Å². The van der Waals surface area contributed by atoms with Crippen molar-refractivity contribution in [3.63, 3.8) is 0 Å². The zero-order valence-corrected chi connectivity index (χ0v) is 18.0. The van der Waals surface area contributed by atoms with Crippen LogP contribution in [0.25, 0.3) is 0 Å². The zero-order valence-electron chi connectivity index (χ0n) is 18.0. The van der Waals surface area contributed by atoms with Gasteiger partial charge in [0, 0.05) is 12.5 Å². The first-order chi connectivity index (χ1) is 13.0. The van der Waals surface area contributed by atoms with Crippen LogP contribution in [0.2, 0.25) is 0 Å². The monoisotopic (exact) mass is 372 g/mol. The summed E-state index contributed by atoms with van der Waals surface area (Å²) < 4.78 is 0. The summed E-state index contributed by atoms with van der Waals surface area (Å²) in [7, 11) is 0. The van der Waals surface area contributed by atoms with E-state index in [1.807, 2.05) is 0 Å². The van der Waals surface area contributed by atoms with Gasteiger partial charge in [0.15, 0.2) is 0 Å². The highest BCUT2D eigenvalue weighted by molar-refractivity contribution is 5.76. The van der Waals surface area contributed by atoms with Gasteiger partial charge in [0.1, 0.15) is 0 Å². The van der Waals surface area contributed by atoms with E-state index in [0.717, 1.165) is 12.5 Å². The maximum Gasteiger partial charge on any atom is 0.223 e. The van der Waals surface area contributed by atoms with Gasteiger partial charge in [0.2, 0.25) is 5.91 Å². The molecule has 2 rings (SSSR count). The number of amides is 1. The first-order valence-electron chi connectivity index (χ1n) is 10.7. The van der Waals surface area contributed by atoms with E-state index in [4.69, 9.17) is 0 Å². The summed E-state index contributed by atoms with van der Waals surface area (Å²) in [6.07, 6.45) is 9.85. The molecule has 0 aromatic heterocycles. The Balaban J connectivity index is 0.000000289. The number of benzene rings is 1. The molecule has 1 saturated carbocycles. The summed E-state index contributed by atoms with van der Waals surface area (Å²) in [5, 5.41) is 2.59. The van der Waals surface area contributed by atoms with Crippen molar-refractivity contribution in [2.45, 2.75) is 84.6 Å². The maximum absolute atomic E-state index is 11.3. The predicted molar refractivity (Wildman–Crippen MR) is 117 cm³/mol. The molecule has 1 unspecified atom stereocenters. The van der Waals surface area contributed by atoms with Gasteiger partial charge >= 0.3 is 0 Å². The van der Waals surface area contributed by atoms with Crippen molar-refractivity contribution in [2.75, 3.05) is 13.1 Å². The van der Waals surface area contributed by atoms with E-state index in [1.54, 1.807) is 0 Å². The minimum atomic E-state index is 0.0361. The number of nitrogens with one attached hydrogen (secondary N) is 1. The quantitative estimate of drug-likeness (QED) is 0.563. The molecule has 1 atom stereocenters. The Morgan fingerprint density at radius 1 is 1.22 bits per heavy atom. The molecule has 27 heavy (non-hydrogen) atoms. The minimum absolute atomic E-state index is 0.0361. The topological polar surface area (TPSA) is 32.3 Å². The van der Waals surface area contributed by atoms with Crippen LogP contribution in [0.4, 0.5) is 0 Å². The predicted octanol–water partition coefficient (Wildman–Crippen LogP) is 5.80. The van der Waals surface area contributed by atoms with E-state index in [1.165, 1.54) is 62.5 Å². The Morgan fingerprint density at radius 2 is 1.81 bits per heavy atom. The number of carbonyl (C=O) groups excluding carboxylic acids is 1. The van der Waals surface area contributed by atoms with Crippen molar-refractivity contribution in [2.24, 2.45) is 0 Å². The third-order valence-electron chi connectivity index (χ3n) is 5.33. The second-order valence-corrected chi connectivity index (χ2v) is 7.74. The van der Waals surface area contributed by atoms with Crippen LogP contribution in [-0.4, -0.2) is 29.9 Å². The van der Waals surface area contributed by atoms with Gasteiger partial charge in [-0.3, -0.25) is 4.79 Å². The second kappa shape index (κ2) is 13.5. The molecular weight excluding hydrogens is 332 g/mol. The molecule has 0 aliphatic heterocycles. The fraction of sp³-hybridized carbons (Fsp3) is 0.625. The fourth-order valence-corrected chi connectivity index (χ4v) is 3.40. The van der Waals surface area contributed by atoms with Crippen LogP contribution in [-0.2, 0) is 4.79 Å². The van der Waals surface area contributed by atoms with E-state index in [0.29, 0.717) is 12.3 Å². The van der Waals surface area contributed by atoms with Gasteiger partial charge in [-0.2, -0.15) is 0 Å². The molecular formula is C24H40N2O. The number of aryl methyl sites for hydroxylation is 1. The summed E-state index contributed by atoms with van der Waals surface area (Å²) in [5.74, 6) is 0.449. The van der Waals surface area contributed by atoms with Crippen LogP contribution in [0.1, 0.15) is 82.8 Å². The number of carbonyl (C=O) groups is 1. The van der Waals surface area contributed by atoms with Gasteiger partial charge < -0.3 is 10.2 Å². The van der Waals surface area contributed by atoms with Crippen LogP contribution < -0.4 is 5.32 Å². The molecule has 3 nitrogen and oxygen atoms in total. The van der Waals surface area contributed by atoms with Crippen molar-refractivity contribution in [1.29, 1.82) is 0 Å². The summed E-state index contributed by atoms with van der Waals surface area (Å²) in [6.45, 7) is 14.9. The van der Waals surface area contributed by atoms with Gasteiger partial charge in [-0.15, -0.1) is 0 Å². The Labute approximate surface area is 167 Å². The first-order valence-corrected chi connectivity index (χ1v) is 10.7. The van der Waals surface area contributed by atoms with Crippen LogP contribution in [0.3, 0.4) is 0 Å². The van der Waals surface area contributed by atoms with Gasteiger partial charge in [-0.1, -0.05) is 63.6 Å². The van der Waals surface area contributed by atoms with Crippen LogP contribution >= 0.6 is 0 Å². The molecule has 0 bridgehead atoms. The molecule has 1 amide bonds. The molecule has 1 N–H and O–H groups in total. The number of nitrogens with zero attached hydrogens (tertiary/aromatic N) is 1. The fourth-order valence-electron chi connectivity index (χ4n) is 3.40. The smallest absolute Gasteiger partial charge is 0.223 e. The summed E-state index contributed by atoms with van der Waals surface area (Å²) in [6, 6.07) is 9.43. The Morgan fingerprint density at radius 3 is 2.26 bits per heavy atom. The van der Waals surface area contributed by atoms with E-state index >= 15 is 0 Å². The van der Waals surface area contributed by atoms with E-state index < -0.39 is 0 Å². The standard InChI is InChI=1S/C14H19NO.C10H21N/c1-4-15-14(16)10-7-12(3)13-8-5-11(2)6-9-13;1-3-8-11(9-4-2)10-6-5-7-10/h4-6,8-9,12H,1,7,10H2,2-3H3,(H,15,16);10H,3-9H2,1-2H3. The van der Waals surface area contributed by atoms with E-state index in [9.17, 15) is 4.79 Å². The average molecular weight is 373 g/mol. The Bertz CT molecular complexity index is 528. The minimum Gasteiger partial charge on any atom is -0.333 e. The molecule has 0 radical (unpaired) electrons. The molecule has 0 heterocycles. The van der Waals surface area contributed by atoms with Crippen molar-refractivity contribution >= 4 is 5.91 Å². The lowest BCUT2D eigenvalue weighted by atomic mass is 9.91. The third-order valence-corrected chi connectivity index (χ3v) is 5.33. The van der Waals surface area contributed by atoms with Crippen molar-refractivity contribution in [3.8, 4) is 0 Å². The number of rotatable bonds is 10. The van der Waals surface area contributed by atoms with E-state index in [2.05, 4.69) is 68.8 Å². The largest absolute Gasteiger partial charge is 0.333 e. The lowest BCUT2D eigenvalue weighted by Crippen LogP contribution is -2.40. The SMILES string of the molecule is C=CNC(=O)CCC(C)c1ccc(C)cc1.CCCN(CCC)C1CCC1. The molecule has 1 aromatic rings. The molecule has 3 heteroatoms. The number of hydrogen-bond donors (Lipinski definition) is 1. The highest BCUT2D eigenvalue weighted by atomic mass is 16.1.